The van der Waals surface area contributed by atoms with Crippen molar-refractivity contribution in [1.82, 2.24) is 5.32 Å². The van der Waals surface area contributed by atoms with Gasteiger partial charge in [-0.05, 0) is 48.9 Å². The smallest absolute Gasteiger partial charge is 0.261 e. The van der Waals surface area contributed by atoms with Gasteiger partial charge in [-0.15, -0.1) is 0 Å². The van der Waals surface area contributed by atoms with E-state index in [4.69, 9.17) is 14.2 Å². The van der Waals surface area contributed by atoms with Crippen LogP contribution in [0.1, 0.15) is 12.5 Å². The number of nitrogens with one attached hydrogen (secondary N) is 1. The largest absolute Gasteiger partial charge is 0.497 e. The summed E-state index contributed by atoms with van der Waals surface area (Å²) >= 11 is 0. The van der Waals surface area contributed by atoms with E-state index >= 15 is 0 Å². The average molecular weight is 370 g/mol. The van der Waals surface area contributed by atoms with Crippen LogP contribution in [0.2, 0.25) is 0 Å². The molecule has 27 heavy (non-hydrogen) atoms. The Morgan fingerprint density at radius 2 is 1.70 bits per heavy atom. The molecule has 1 aliphatic rings. The molecule has 2 aromatic carbocycles. The van der Waals surface area contributed by atoms with E-state index in [-0.39, 0.29) is 5.91 Å². The third kappa shape index (κ3) is 5.37. The van der Waals surface area contributed by atoms with Crippen LogP contribution >= 0.6 is 0 Å². The molecule has 2 aromatic rings. The second-order valence-electron chi connectivity index (χ2n) is 6.42. The molecule has 0 saturated carbocycles. The molecule has 1 aliphatic heterocycles. The summed E-state index contributed by atoms with van der Waals surface area (Å²) in [4.78, 5) is 14.6. The summed E-state index contributed by atoms with van der Waals surface area (Å²) in [7, 11) is 1.61. The third-order valence-corrected chi connectivity index (χ3v) is 4.52. The van der Waals surface area contributed by atoms with Crippen molar-refractivity contribution in [2.75, 3.05) is 38.3 Å². The van der Waals surface area contributed by atoms with Gasteiger partial charge in [-0.25, -0.2) is 0 Å². The highest BCUT2D eigenvalue weighted by atomic mass is 16.5. The Kier molecular flexibility index (Phi) is 6.54. The lowest BCUT2D eigenvalue weighted by Gasteiger charge is -2.28. The van der Waals surface area contributed by atoms with E-state index in [9.17, 15) is 4.79 Å². The normalized spacial score (nSPS) is 15.1. The Labute approximate surface area is 160 Å². The van der Waals surface area contributed by atoms with Crippen LogP contribution in [0.25, 0.3) is 0 Å². The molecular formula is C21H26N2O4. The monoisotopic (exact) mass is 370 g/mol. The first kappa shape index (κ1) is 19.0. The van der Waals surface area contributed by atoms with Crippen LogP contribution in [-0.4, -0.2) is 45.4 Å². The second kappa shape index (κ2) is 9.28. The minimum Gasteiger partial charge on any atom is -0.497 e. The van der Waals surface area contributed by atoms with Gasteiger partial charge in [0.1, 0.15) is 11.5 Å². The van der Waals surface area contributed by atoms with Crippen molar-refractivity contribution in [1.29, 1.82) is 0 Å². The number of benzene rings is 2. The van der Waals surface area contributed by atoms with E-state index < -0.39 is 6.10 Å². The van der Waals surface area contributed by atoms with Crippen LogP contribution in [0.15, 0.2) is 48.5 Å². The molecule has 1 heterocycles. The standard InChI is InChI=1S/C21H26N2O4/c1-16(27-20-9-7-19(25-2)8-10-20)21(24)22-15-17-3-5-18(6-4-17)23-11-13-26-14-12-23/h3-10,16H,11-15H2,1-2H3,(H,22,24). The fraction of sp³-hybridized carbons (Fsp3) is 0.381. The van der Waals surface area contributed by atoms with Crippen LogP contribution in [0.5, 0.6) is 11.5 Å². The van der Waals surface area contributed by atoms with Crippen LogP contribution in [0, 0.1) is 0 Å². The van der Waals surface area contributed by atoms with Crippen molar-refractivity contribution in [2.24, 2.45) is 0 Å². The molecule has 0 bridgehead atoms. The number of hydrogen-bond donors (Lipinski definition) is 1. The summed E-state index contributed by atoms with van der Waals surface area (Å²) in [6.45, 7) is 5.57. The summed E-state index contributed by atoms with van der Waals surface area (Å²) in [5.41, 5.74) is 2.24. The molecule has 1 unspecified atom stereocenters. The fourth-order valence-electron chi connectivity index (χ4n) is 2.89. The van der Waals surface area contributed by atoms with Gasteiger partial charge in [0.05, 0.1) is 20.3 Å². The number of anilines is 1. The Bertz CT molecular complexity index is 725. The molecule has 1 fully saturated rings. The van der Waals surface area contributed by atoms with Gasteiger partial charge < -0.3 is 24.4 Å². The summed E-state index contributed by atoms with van der Waals surface area (Å²) < 4.78 is 16.2. The van der Waals surface area contributed by atoms with E-state index in [1.54, 1.807) is 38.3 Å². The summed E-state index contributed by atoms with van der Waals surface area (Å²) in [5.74, 6) is 1.23. The van der Waals surface area contributed by atoms with Crippen molar-refractivity contribution in [3.63, 3.8) is 0 Å². The summed E-state index contributed by atoms with van der Waals surface area (Å²) in [6, 6.07) is 15.4. The van der Waals surface area contributed by atoms with Gasteiger partial charge in [-0.3, -0.25) is 4.79 Å². The maximum Gasteiger partial charge on any atom is 0.261 e. The van der Waals surface area contributed by atoms with Crippen molar-refractivity contribution < 1.29 is 19.0 Å². The maximum atomic E-state index is 12.3. The van der Waals surface area contributed by atoms with Gasteiger partial charge in [0.25, 0.3) is 5.91 Å². The molecule has 6 heteroatoms. The first-order valence-corrected chi connectivity index (χ1v) is 9.16. The van der Waals surface area contributed by atoms with Crippen molar-refractivity contribution in [3.05, 3.63) is 54.1 Å². The maximum absolute atomic E-state index is 12.3. The highest BCUT2D eigenvalue weighted by molar-refractivity contribution is 5.80. The van der Waals surface area contributed by atoms with E-state index in [2.05, 4.69) is 22.3 Å². The third-order valence-electron chi connectivity index (χ3n) is 4.52. The van der Waals surface area contributed by atoms with Crippen LogP contribution < -0.4 is 19.7 Å². The van der Waals surface area contributed by atoms with Crippen LogP contribution in [0.4, 0.5) is 5.69 Å². The number of ether oxygens (including phenoxy) is 3. The van der Waals surface area contributed by atoms with Gasteiger partial charge in [0.15, 0.2) is 6.10 Å². The fourth-order valence-corrected chi connectivity index (χ4v) is 2.89. The number of carbonyl (C=O) groups excluding carboxylic acids is 1. The predicted octanol–water partition coefficient (Wildman–Crippen LogP) is 2.62. The molecule has 0 aromatic heterocycles. The minimum atomic E-state index is -0.578. The quantitative estimate of drug-likeness (QED) is 0.812. The molecule has 0 spiro atoms. The zero-order valence-electron chi connectivity index (χ0n) is 15.8. The molecule has 1 saturated heterocycles. The average Bonchev–Trinajstić information content (AvgIpc) is 2.73. The van der Waals surface area contributed by atoms with E-state index in [1.165, 1.54) is 5.69 Å². The van der Waals surface area contributed by atoms with Crippen molar-refractivity contribution >= 4 is 11.6 Å². The molecule has 6 nitrogen and oxygen atoms in total. The lowest BCUT2D eigenvalue weighted by Crippen LogP contribution is -2.36. The van der Waals surface area contributed by atoms with E-state index in [1.807, 2.05) is 12.1 Å². The Balaban J connectivity index is 1.47. The number of nitrogens with zero attached hydrogens (tertiary/aromatic N) is 1. The molecule has 1 atom stereocenters. The molecule has 144 valence electrons. The Hall–Kier alpha value is -2.73. The first-order chi connectivity index (χ1) is 13.2. The highest BCUT2D eigenvalue weighted by Gasteiger charge is 2.15. The Morgan fingerprint density at radius 3 is 2.33 bits per heavy atom. The highest BCUT2D eigenvalue weighted by Crippen LogP contribution is 2.19. The first-order valence-electron chi connectivity index (χ1n) is 9.16. The molecule has 1 amide bonds. The number of morpholine rings is 1. The topological polar surface area (TPSA) is 60.0 Å². The zero-order valence-corrected chi connectivity index (χ0v) is 15.8. The lowest BCUT2D eigenvalue weighted by molar-refractivity contribution is -0.127. The predicted molar refractivity (Wildman–Crippen MR) is 104 cm³/mol. The number of hydrogen-bond acceptors (Lipinski definition) is 5. The van der Waals surface area contributed by atoms with Crippen molar-refractivity contribution in [3.8, 4) is 11.5 Å². The van der Waals surface area contributed by atoms with Crippen LogP contribution in [0.3, 0.4) is 0 Å². The number of amides is 1. The number of rotatable bonds is 7. The molecular weight excluding hydrogens is 344 g/mol. The van der Waals surface area contributed by atoms with Gasteiger partial charge in [0.2, 0.25) is 0 Å². The molecule has 0 radical (unpaired) electrons. The minimum absolute atomic E-state index is 0.150. The van der Waals surface area contributed by atoms with Crippen LogP contribution in [-0.2, 0) is 16.1 Å². The number of methoxy groups -OCH3 is 1. The second-order valence-corrected chi connectivity index (χ2v) is 6.42. The van der Waals surface area contributed by atoms with Gasteiger partial charge in [-0.1, -0.05) is 12.1 Å². The zero-order chi connectivity index (χ0) is 19.1. The van der Waals surface area contributed by atoms with Gasteiger partial charge >= 0.3 is 0 Å². The Morgan fingerprint density at radius 1 is 1.07 bits per heavy atom. The molecule has 0 aliphatic carbocycles. The van der Waals surface area contributed by atoms with E-state index in [0.717, 1.165) is 37.6 Å². The van der Waals surface area contributed by atoms with Gasteiger partial charge in [0, 0.05) is 25.3 Å². The summed E-state index contributed by atoms with van der Waals surface area (Å²) in [6.07, 6.45) is -0.578. The molecule has 3 rings (SSSR count). The number of carbonyl (C=O) groups is 1. The van der Waals surface area contributed by atoms with Crippen molar-refractivity contribution in [2.45, 2.75) is 19.6 Å². The SMILES string of the molecule is COc1ccc(OC(C)C(=O)NCc2ccc(N3CCOCC3)cc2)cc1. The van der Waals surface area contributed by atoms with Gasteiger partial charge in [-0.2, -0.15) is 0 Å². The summed E-state index contributed by atoms with van der Waals surface area (Å²) in [5, 5.41) is 2.92. The molecule has 1 N–H and O–H groups in total. The lowest BCUT2D eigenvalue weighted by atomic mass is 10.2. The van der Waals surface area contributed by atoms with E-state index in [0.29, 0.717) is 12.3 Å².